The Bertz CT molecular complexity index is 534. The Morgan fingerprint density at radius 1 is 1.23 bits per heavy atom. The van der Waals surface area contributed by atoms with E-state index in [1.807, 2.05) is 12.1 Å². The summed E-state index contributed by atoms with van der Waals surface area (Å²) < 4.78 is 19.6. The summed E-state index contributed by atoms with van der Waals surface area (Å²) in [4.78, 5) is 6.47. The zero-order valence-corrected chi connectivity index (χ0v) is 19.8. The molecule has 0 heterocycles. The molecule has 8 heteroatoms. The number of halogens is 3. The van der Waals surface area contributed by atoms with Crippen molar-refractivity contribution in [2.45, 2.75) is 19.3 Å². The summed E-state index contributed by atoms with van der Waals surface area (Å²) in [5.74, 6) is 0.620. The maximum atomic E-state index is 13.8. The number of aryl methyl sites for hydroxylation is 1. The van der Waals surface area contributed by atoms with Gasteiger partial charge in [-0.05, 0) is 44.0 Å². The standard InChI is InChI=1S/C18H30BrFN4O.HI/c1-21-18(23-10-12-24(2)11-5-13-25-3)22-9-4-6-15-7-8-16(19)14-17(15)20;/h7-8,14H,4-6,9-13H2,1-3H3,(H2,21,22,23);1H. The topological polar surface area (TPSA) is 48.9 Å². The zero-order chi connectivity index (χ0) is 18.5. The second-order valence-electron chi connectivity index (χ2n) is 5.91. The van der Waals surface area contributed by atoms with Crippen molar-refractivity contribution >= 4 is 45.9 Å². The van der Waals surface area contributed by atoms with Gasteiger partial charge in [0.25, 0.3) is 0 Å². The van der Waals surface area contributed by atoms with E-state index in [-0.39, 0.29) is 29.8 Å². The van der Waals surface area contributed by atoms with E-state index in [4.69, 9.17) is 4.74 Å². The van der Waals surface area contributed by atoms with Crippen molar-refractivity contribution in [2.24, 2.45) is 4.99 Å². The Hall–Kier alpha value is -0.450. The average molecular weight is 545 g/mol. The van der Waals surface area contributed by atoms with Crippen molar-refractivity contribution in [3.8, 4) is 0 Å². The van der Waals surface area contributed by atoms with Gasteiger partial charge in [-0.1, -0.05) is 22.0 Å². The molecule has 0 saturated heterocycles. The Balaban J connectivity index is 0.00000625. The van der Waals surface area contributed by atoms with Crippen LogP contribution in [0.3, 0.4) is 0 Å². The van der Waals surface area contributed by atoms with Gasteiger partial charge in [-0.3, -0.25) is 4.99 Å². The fourth-order valence-electron chi connectivity index (χ4n) is 2.39. The van der Waals surface area contributed by atoms with Crippen molar-refractivity contribution < 1.29 is 9.13 Å². The summed E-state index contributed by atoms with van der Waals surface area (Å²) in [5.41, 5.74) is 0.741. The van der Waals surface area contributed by atoms with Crippen molar-refractivity contribution in [1.82, 2.24) is 15.5 Å². The first-order chi connectivity index (χ1) is 12.1. The SMILES string of the molecule is CN=C(NCCCc1ccc(Br)cc1F)NCCN(C)CCCOC.I. The minimum atomic E-state index is -0.159. The number of nitrogens with one attached hydrogen (secondary N) is 2. The Kier molecular flexibility index (Phi) is 15.3. The van der Waals surface area contributed by atoms with E-state index in [1.54, 1.807) is 14.2 Å². The van der Waals surface area contributed by atoms with Crippen LogP contribution in [0.4, 0.5) is 4.39 Å². The highest BCUT2D eigenvalue weighted by Gasteiger charge is 2.04. The molecule has 0 saturated carbocycles. The van der Waals surface area contributed by atoms with Crippen LogP contribution in [-0.4, -0.2) is 64.9 Å². The van der Waals surface area contributed by atoms with Crippen molar-refractivity contribution in [1.29, 1.82) is 0 Å². The second kappa shape index (κ2) is 15.6. The number of aliphatic imine (C=N–C) groups is 1. The molecule has 0 bridgehead atoms. The van der Waals surface area contributed by atoms with E-state index in [2.05, 4.69) is 43.5 Å². The van der Waals surface area contributed by atoms with E-state index in [0.717, 1.165) is 61.6 Å². The van der Waals surface area contributed by atoms with Crippen LogP contribution in [-0.2, 0) is 11.2 Å². The first kappa shape index (κ1) is 25.6. The molecule has 0 aliphatic rings. The van der Waals surface area contributed by atoms with Gasteiger partial charge in [-0.2, -0.15) is 0 Å². The number of likely N-dealkylation sites (N-methyl/N-ethyl adjacent to an activating group) is 1. The molecule has 0 unspecified atom stereocenters. The molecule has 1 aromatic rings. The lowest BCUT2D eigenvalue weighted by atomic mass is 10.1. The van der Waals surface area contributed by atoms with E-state index < -0.39 is 0 Å². The molecule has 0 aliphatic carbocycles. The summed E-state index contributed by atoms with van der Waals surface area (Å²) in [6.07, 6.45) is 2.58. The quantitative estimate of drug-likeness (QED) is 0.194. The van der Waals surface area contributed by atoms with Gasteiger partial charge in [0.05, 0.1) is 0 Å². The second-order valence-corrected chi connectivity index (χ2v) is 6.83. The molecule has 150 valence electrons. The summed E-state index contributed by atoms with van der Waals surface area (Å²) in [6, 6.07) is 5.20. The minimum Gasteiger partial charge on any atom is -0.385 e. The molecule has 0 spiro atoms. The molecule has 1 aromatic carbocycles. The van der Waals surface area contributed by atoms with Crippen LogP contribution in [0.5, 0.6) is 0 Å². The summed E-state index contributed by atoms with van der Waals surface area (Å²) in [6.45, 7) is 4.32. The minimum absolute atomic E-state index is 0. The highest BCUT2D eigenvalue weighted by molar-refractivity contribution is 14.0. The van der Waals surface area contributed by atoms with Gasteiger partial charge in [0, 0.05) is 51.4 Å². The Morgan fingerprint density at radius 2 is 1.96 bits per heavy atom. The monoisotopic (exact) mass is 544 g/mol. The molecule has 0 radical (unpaired) electrons. The number of rotatable bonds is 11. The van der Waals surface area contributed by atoms with Gasteiger partial charge in [0.1, 0.15) is 5.82 Å². The van der Waals surface area contributed by atoms with Gasteiger partial charge in [-0.15, -0.1) is 24.0 Å². The van der Waals surface area contributed by atoms with Crippen LogP contribution in [0.15, 0.2) is 27.7 Å². The zero-order valence-electron chi connectivity index (χ0n) is 15.9. The van der Waals surface area contributed by atoms with E-state index in [9.17, 15) is 4.39 Å². The molecular formula is C18H31BrFIN4O. The molecule has 0 amide bonds. The van der Waals surface area contributed by atoms with Crippen LogP contribution in [0.2, 0.25) is 0 Å². The largest absolute Gasteiger partial charge is 0.385 e. The Labute approximate surface area is 182 Å². The van der Waals surface area contributed by atoms with E-state index >= 15 is 0 Å². The summed E-state index contributed by atoms with van der Waals surface area (Å²) in [5, 5.41) is 6.56. The number of hydrogen-bond acceptors (Lipinski definition) is 3. The molecule has 0 fully saturated rings. The number of nitrogens with zero attached hydrogens (tertiary/aromatic N) is 2. The van der Waals surface area contributed by atoms with Gasteiger partial charge >= 0.3 is 0 Å². The van der Waals surface area contributed by atoms with E-state index in [1.165, 1.54) is 6.07 Å². The first-order valence-corrected chi connectivity index (χ1v) is 9.42. The fraction of sp³-hybridized carbons (Fsp3) is 0.611. The normalized spacial score (nSPS) is 11.4. The molecule has 0 aromatic heterocycles. The molecule has 0 atom stereocenters. The lowest BCUT2D eigenvalue weighted by molar-refractivity contribution is 0.180. The van der Waals surface area contributed by atoms with Gasteiger partial charge in [0.2, 0.25) is 0 Å². The van der Waals surface area contributed by atoms with E-state index in [0.29, 0.717) is 6.42 Å². The Morgan fingerprint density at radius 3 is 2.62 bits per heavy atom. The lowest BCUT2D eigenvalue weighted by Crippen LogP contribution is -2.41. The van der Waals surface area contributed by atoms with Crippen LogP contribution >= 0.6 is 39.9 Å². The third-order valence-corrected chi connectivity index (χ3v) is 4.32. The average Bonchev–Trinajstić information content (AvgIpc) is 2.58. The van der Waals surface area contributed by atoms with Crippen LogP contribution in [0, 0.1) is 5.82 Å². The van der Waals surface area contributed by atoms with Crippen molar-refractivity contribution in [3.05, 3.63) is 34.1 Å². The van der Waals surface area contributed by atoms with Crippen molar-refractivity contribution in [2.75, 3.05) is 54.0 Å². The van der Waals surface area contributed by atoms with Crippen LogP contribution in [0.1, 0.15) is 18.4 Å². The maximum Gasteiger partial charge on any atom is 0.191 e. The molecule has 5 nitrogen and oxygen atoms in total. The van der Waals surface area contributed by atoms with Gasteiger partial charge in [-0.25, -0.2) is 4.39 Å². The predicted octanol–water partition coefficient (Wildman–Crippen LogP) is 3.27. The number of hydrogen-bond donors (Lipinski definition) is 2. The third kappa shape index (κ3) is 11.3. The van der Waals surface area contributed by atoms with Crippen LogP contribution in [0.25, 0.3) is 0 Å². The molecule has 2 N–H and O–H groups in total. The van der Waals surface area contributed by atoms with Gasteiger partial charge in [0.15, 0.2) is 5.96 Å². The fourth-order valence-corrected chi connectivity index (χ4v) is 2.72. The highest BCUT2D eigenvalue weighted by atomic mass is 127. The predicted molar refractivity (Wildman–Crippen MR) is 121 cm³/mol. The van der Waals surface area contributed by atoms with Gasteiger partial charge < -0.3 is 20.3 Å². The summed E-state index contributed by atoms with van der Waals surface area (Å²) in [7, 11) is 5.58. The smallest absolute Gasteiger partial charge is 0.191 e. The lowest BCUT2D eigenvalue weighted by Gasteiger charge is -2.18. The number of guanidine groups is 1. The molecule has 1 rings (SSSR count). The van der Waals surface area contributed by atoms with Crippen molar-refractivity contribution in [3.63, 3.8) is 0 Å². The number of benzene rings is 1. The molecule has 0 aliphatic heterocycles. The third-order valence-electron chi connectivity index (χ3n) is 3.83. The molecular weight excluding hydrogens is 514 g/mol. The number of ether oxygens (including phenoxy) is 1. The highest BCUT2D eigenvalue weighted by Crippen LogP contribution is 2.16. The number of methoxy groups -OCH3 is 1. The first-order valence-electron chi connectivity index (χ1n) is 8.62. The summed E-state index contributed by atoms with van der Waals surface area (Å²) >= 11 is 3.27. The maximum absolute atomic E-state index is 13.8. The molecule has 26 heavy (non-hydrogen) atoms. The van der Waals surface area contributed by atoms with Crippen LogP contribution < -0.4 is 10.6 Å².